The molecule has 1 N–H and O–H groups in total. The Labute approximate surface area is 257 Å². The van der Waals surface area contributed by atoms with Gasteiger partial charge in [-0.1, -0.05) is 42.5 Å². The molecule has 3 aliphatic rings. The predicted molar refractivity (Wildman–Crippen MR) is 167 cm³/mol. The van der Waals surface area contributed by atoms with Gasteiger partial charge < -0.3 is 19.5 Å². The number of pyridine rings is 1. The Morgan fingerprint density at radius 3 is 2.67 bits per heavy atom. The van der Waals surface area contributed by atoms with Gasteiger partial charge in [0, 0.05) is 51.9 Å². The van der Waals surface area contributed by atoms with Crippen LogP contribution in [-0.2, 0) is 16.1 Å². The molecule has 11 nitrogen and oxygen atoms in total. The van der Waals surface area contributed by atoms with Crippen LogP contribution < -0.4 is 19.9 Å². The van der Waals surface area contributed by atoms with Crippen molar-refractivity contribution >= 4 is 57.7 Å². The zero-order valence-corrected chi connectivity index (χ0v) is 25.1. The molecule has 0 aliphatic carbocycles. The van der Waals surface area contributed by atoms with Gasteiger partial charge >= 0.3 is 5.97 Å². The van der Waals surface area contributed by atoms with E-state index in [-0.39, 0.29) is 24.7 Å². The first-order chi connectivity index (χ1) is 20.9. The third-order valence-electron chi connectivity index (χ3n) is 7.69. The summed E-state index contributed by atoms with van der Waals surface area (Å²) in [4.78, 5) is 49.1. The monoisotopic (exact) mass is 621 g/mol. The number of benzene rings is 1. The lowest BCUT2D eigenvalue weighted by molar-refractivity contribution is -0.137. The molecule has 0 saturated carbocycles. The molecule has 1 amide bonds. The van der Waals surface area contributed by atoms with Crippen molar-refractivity contribution in [1.29, 1.82) is 0 Å². The summed E-state index contributed by atoms with van der Waals surface area (Å²) in [7, 11) is 0. The first-order valence-corrected chi connectivity index (χ1v) is 15.4. The smallest absolute Gasteiger partial charge is 0.303 e. The molecule has 3 aliphatic heterocycles. The molecule has 13 heteroatoms. The van der Waals surface area contributed by atoms with Crippen LogP contribution in [0.15, 0.2) is 52.3 Å². The average molecular weight is 622 g/mol. The van der Waals surface area contributed by atoms with E-state index in [0.717, 1.165) is 36.7 Å². The number of carboxylic acid groups (broad SMARTS) is 1. The quantitative estimate of drug-likeness (QED) is 0.203. The second kappa shape index (κ2) is 12.7. The van der Waals surface area contributed by atoms with Crippen LogP contribution in [0.2, 0.25) is 0 Å². The second-order valence-electron chi connectivity index (χ2n) is 10.6. The number of ether oxygens (including phenoxy) is 2. The number of unbranched alkanes of at least 4 members (excludes halogenated alkanes) is 2. The highest BCUT2D eigenvalue weighted by atomic mass is 32.2. The lowest BCUT2D eigenvalue weighted by atomic mass is 10.1. The maximum Gasteiger partial charge on any atom is 0.303 e. The van der Waals surface area contributed by atoms with E-state index >= 15 is 0 Å². The van der Waals surface area contributed by atoms with Crippen LogP contribution in [0.25, 0.3) is 11.7 Å². The molecule has 224 valence electrons. The zero-order valence-electron chi connectivity index (χ0n) is 23.4. The molecule has 1 aromatic carbocycles. The van der Waals surface area contributed by atoms with E-state index in [2.05, 4.69) is 15.9 Å². The largest absolute Gasteiger partial charge is 0.481 e. The van der Waals surface area contributed by atoms with Gasteiger partial charge in [0.05, 0.1) is 10.5 Å². The van der Waals surface area contributed by atoms with Crippen LogP contribution in [0.5, 0.6) is 11.5 Å². The minimum atomic E-state index is -0.828. The topological polar surface area (TPSA) is 117 Å². The number of aromatic nitrogens is 2. The number of hydrogen-bond acceptors (Lipinski definition) is 10. The Morgan fingerprint density at radius 2 is 1.86 bits per heavy atom. The van der Waals surface area contributed by atoms with E-state index in [1.54, 1.807) is 24.4 Å². The van der Waals surface area contributed by atoms with Crippen molar-refractivity contribution in [3.05, 3.63) is 69.0 Å². The summed E-state index contributed by atoms with van der Waals surface area (Å²) < 4.78 is 12.9. The van der Waals surface area contributed by atoms with Gasteiger partial charge in [0.25, 0.3) is 11.5 Å². The number of carbonyl (C=O) groups excluding carboxylic acids is 1. The molecule has 0 bridgehead atoms. The number of hydrogen-bond donors (Lipinski definition) is 1. The number of thiocarbonyl (C=S) groups is 1. The molecule has 0 atom stereocenters. The first-order valence-electron chi connectivity index (χ1n) is 14.2. The van der Waals surface area contributed by atoms with Crippen molar-refractivity contribution in [2.75, 3.05) is 44.4 Å². The molecular weight excluding hydrogens is 590 g/mol. The summed E-state index contributed by atoms with van der Waals surface area (Å²) in [5.41, 5.74) is 1.79. The third-order valence-corrected chi connectivity index (χ3v) is 9.06. The number of nitrogens with zero attached hydrogens (tertiary/aromatic N) is 5. The minimum Gasteiger partial charge on any atom is -0.481 e. The van der Waals surface area contributed by atoms with E-state index in [1.807, 2.05) is 18.2 Å². The van der Waals surface area contributed by atoms with Crippen LogP contribution in [0.3, 0.4) is 0 Å². The molecule has 5 heterocycles. The van der Waals surface area contributed by atoms with E-state index in [1.165, 1.54) is 21.1 Å². The highest BCUT2D eigenvalue weighted by Crippen LogP contribution is 2.35. The molecule has 43 heavy (non-hydrogen) atoms. The van der Waals surface area contributed by atoms with Crippen molar-refractivity contribution in [3.8, 4) is 11.5 Å². The van der Waals surface area contributed by atoms with Crippen molar-refractivity contribution in [1.82, 2.24) is 19.2 Å². The summed E-state index contributed by atoms with van der Waals surface area (Å²) in [6.07, 6.45) is 5.29. The molecule has 0 unspecified atom stereocenters. The average Bonchev–Trinajstić information content (AvgIpc) is 3.58. The molecule has 0 radical (unpaired) electrons. The number of thioether (sulfide) groups is 1. The number of carbonyl (C=O) groups is 2. The number of aliphatic carboxylic acids is 1. The number of rotatable bonds is 10. The standard InChI is InChI=1S/C30H31N5O6S2/c36-26(37)7-2-1-4-11-35-29(39)24(43-30(35)42)17-21-27(31-25-6-3-5-10-34(25)28(21)38)33-14-12-32(13-15-33)18-20-8-9-22-23(16-20)41-19-40-22/h3,5-6,8-10,16-17H,1-2,4,7,11-15,18-19H2,(H,36,37)/b24-17+. The SMILES string of the molecule is O=C(O)CCCCCN1C(=O)/C(=C\c2c(N3CCN(Cc4ccc5c(c4)OCO5)CC3)nc3ccccn3c2=O)SC1=S. The van der Waals surface area contributed by atoms with Crippen molar-refractivity contribution in [2.24, 2.45) is 0 Å². The summed E-state index contributed by atoms with van der Waals surface area (Å²) in [6.45, 7) is 4.30. The van der Waals surface area contributed by atoms with Gasteiger partial charge in [-0.3, -0.25) is 28.6 Å². The first kappa shape index (κ1) is 29.1. The number of amides is 1. The van der Waals surface area contributed by atoms with Gasteiger partial charge in [0.1, 0.15) is 15.8 Å². The maximum atomic E-state index is 13.8. The van der Waals surface area contributed by atoms with Gasteiger partial charge in [-0.15, -0.1) is 0 Å². The minimum absolute atomic E-state index is 0.104. The van der Waals surface area contributed by atoms with E-state index < -0.39 is 5.97 Å². The van der Waals surface area contributed by atoms with Crippen LogP contribution in [0, 0.1) is 0 Å². The highest BCUT2D eigenvalue weighted by Gasteiger charge is 2.33. The Kier molecular flexibility index (Phi) is 8.63. The van der Waals surface area contributed by atoms with E-state index in [0.29, 0.717) is 65.2 Å². The number of piperazine rings is 1. The van der Waals surface area contributed by atoms with Crippen LogP contribution >= 0.6 is 24.0 Å². The van der Waals surface area contributed by atoms with Gasteiger partial charge in [0.15, 0.2) is 11.5 Å². The fourth-order valence-corrected chi connectivity index (χ4v) is 6.71. The molecular formula is C30H31N5O6S2. The number of carboxylic acids is 1. The Bertz CT molecular complexity index is 1670. The Balaban J connectivity index is 1.20. The van der Waals surface area contributed by atoms with Gasteiger partial charge in [-0.2, -0.15) is 0 Å². The lowest BCUT2D eigenvalue weighted by Crippen LogP contribution is -2.47. The molecule has 0 spiro atoms. The van der Waals surface area contributed by atoms with Gasteiger partial charge in [-0.25, -0.2) is 4.98 Å². The molecule has 3 aromatic rings. The molecule has 2 fully saturated rings. The van der Waals surface area contributed by atoms with E-state index in [9.17, 15) is 14.4 Å². The van der Waals surface area contributed by atoms with Crippen LogP contribution in [-0.4, -0.2) is 80.0 Å². The second-order valence-corrected chi connectivity index (χ2v) is 12.2. The van der Waals surface area contributed by atoms with Gasteiger partial charge in [-0.05, 0) is 48.7 Å². The predicted octanol–water partition coefficient (Wildman–Crippen LogP) is 3.59. The van der Waals surface area contributed by atoms with E-state index in [4.69, 9.17) is 31.8 Å². The summed E-state index contributed by atoms with van der Waals surface area (Å²) >= 11 is 6.67. The maximum absolute atomic E-state index is 13.8. The highest BCUT2D eigenvalue weighted by molar-refractivity contribution is 8.26. The number of anilines is 1. The molecule has 2 aromatic heterocycles. The molecule has 6 rings (SSSR count). The summed E-state index contributed by atoms with van der Waals surface area (Å²) in [5, 5.41) is 8.85. The molecule has 2 saturated heterocycles. The van der Waals surface area contributed by atoms with Crippen LogP contribution in [0.1, 0.15) is 36.8 Å². The van der Waals surface area contributed by atoms with Crippen molar-refractivity contribution in [3.63, 3.8) is 0 Å². The van der Waals surface area contributed by atoms with Crippen LogP contribution in [0.4, 0.5) is 5.82 Å². The third kappa shape index (κ3) is 6.38. The normalized spacial score (nSPS) is 17.9. The van der Waals surface area contributed by atoms with Gasteiger partial charge in [0.2, 0.25) is 6.79 Å². The lowest BCUT2D eigenvalue weighted by Gasteiger charge is -2.36. The Hall–Kier alpha value is -3.94. The fraction of sp³-hybridized carbons (Fsp3) is 0.367. The number of fused-ring (bicyclic) bond motifs is 2. The Morgan fingerprint density at radius 1 is 1.05 bits per heavy atom. The van der Waals surface area contributed by atoms with Crippen molar-refractivity contribution in [2.45, 2.75) is 32.2 Å². The van der Waals surface area contributed by atoms with Crippen molar-refractivity contribution < 1.29 is 24.2 Å². The fourth-order valence-electron chi connectivity index (χ4n) is 5.42. The zero-order chi connectivity index (χ0) is 29.9. The summed E-state index contributed by atoms with van der Waals surface area (Å²) in [6, 6.07) is 11.4. The summed E-state index contributed by atoms with van der Waals surface area (Å²) in [5.74, 6) is 1.02.